The lowest BCUT2D eigenvalue weighted by Crippen LogP contribution is -2.23. The minimum atomic E-state index is -0.426. The standard InChI is InChI=1S/C19H20N4O3/c1-25-17-9-7-16(8-10-17)14-26-21-19(24)18-13-23(22-20-18)12-11-15-5-3-2-4-6-15/h2-10,13H,11-12,14H2,1H3,(H,21,24). The highest BCUT2D eigenvalue weighted by Crippen LogP contribution is 2.11. The Morgan fingerprint density at radius 3 is 2.58 bits per heavy atom. The van der Waals surface area contributed by atoms with Gasteiger partial charge < -0.3 is 4.74 Å². The van der Waals surface area contributed by atoms with Crippen LogP contribution in [0.25, 0.3) is 0 Å². The van der Waals surface area contributed by atoms with Crippen molar-refractivity contribution in [3.63, 3.8) is 0 Å². The smallest absolute Gasteiger partial charge is 0.297 e. The summed E-state index contributed by atoms with van der Waals surface area (Å²) in [6.07, 6.45) is 2.42. The zero-order chi connectivity index (χ0) is 18.2. The quantitative estimate of drug-likeness (QED) is 0.630. The zero-order valence-corrected chi connectivity index (χ0v) is 14.5. The molecular formula is C19H20N4O3. The van der Waals surface area contributed by atoms with Crippen LogP contribution >= 0.6 is 0 Å². The highest BCUT2D eigenvalue weighted by atomic mass is 16.6. The van der Waals surface area contributed by atoms with E-state index in [2.05, 4.69) is 27.9 Å². The molecular weight excluding hydrogens is 332 g/mol. The van der Waals surface area contributed by atoms with Gasteiger partial charge in [-0.25, -0.2) is 5.48 Å². The molecule has 26 heavy (non-hydrogen) atoms. The van der Waals surface area contributed by atoms with Crippen LogP contribution in [-0.4, -0.2) is 28.0 Å². The lowest BCUT2D eigenvalue weighted by atomic mass is 10.1. The molecule has 0 aliphatic heterocycles. The van der Waals surface area contributed by atoms with E-state index in [1.165, 1.54) is 5.56 Å². The predicted octanol–water partition coefficient (Wildman–Crippen LogP) is 2.39. The molecule has 3 rings (SSSR count). The maximum atomic E-state index is 12.1. The summed E-state index contributed by atoms with van der Waals surface area (Å²) in [4.78, 5) is 17.3. The summed E-state index contributed by atoms with van der Waals surface area (Å²) in [7, 11) is 1.61. The van der Waals surface area contributed by atoms with Crippen LogP contribution in [0.15, 0.2) is 60.8 Å². The first kappa shape index (κ1) is 17.6. The number of nitrogens with one attached hydrogen (secondary N) is 1. The molecule has 0 saturated heterocycles. The lowest BCUT2D eigenvalue weighted by Gasteiger charge is -2.05. The van der Waals surface area contributed by atoms with E-state index in [1.807, 2.05) is 42.5 Å². The van der Waals surface area contributed by atoms with Gasteiger partial charge in [0.1, 0.15) is 5.75 Å². The molecule has 1 amide bonds. The maximum Gasteiger partial charge on any atom is 0.297 e. The third-order valence-corrected chi connectivity index (χ3v) is 3.81. The van der Waals surface area contributed by atoms with Crippen molar-refractivity contribution in [2.75, 3.05) is 7.11 Å². The number of aromatic nitrogens is 3. The summed E-state index contributed by atoms with van der Waals surface area (Å²) in [6.45, 7) is 0.898. The third kappa shape index (κ3) is 4.90. The monoisotopic (exact) mass is 352 g/mol. The van der Waals surface area contributed by atoms with E-state index in [0.717, 1.165) is 17.7 Å². The minimum absolute atomic E-state index is 0.216. The second-order valence-corrected chi connectivity index (χ2v) is 5.67. The first-order valence-electron chi connectivity index (χ1n) is 8.24. The topological polar surface area (TPSA) is 78.3 Å². The Labute approximate surface area is 151 Å². The number of hydrogen-bond acceptors (Lipinski definition) is 5. The fraction of sp³-hybridized carbons (Fsp3) is 0.211. The number of amides is 1. The highest BCUT2D eigenvalue weighted by Gasteiger charge is 2.11. The van der Waals surface area contributed by atoms with E-state index in [4.69, 9.17) is 9.57 Å². The molecule has 0 fully saturated rings. The van der Waals surface area contributed by atoms with Gasteiger partial charge in [-0.3, -0.25) is 14.3 Å². The van der Waals surface area contributed by atoms with Gasteiger partial charge in [-0.05, 0) is 29.7 Å². The number of benzene rings is 2. The number of hydrogen-bond donors (Lipinski definition) is 1. The highest BCUT2D eigenvalue weighted by molar-refractivity contribution is 5.90. The van der Waals surface area contributed by atoms with Crippen LogP contribution in [-0.2, 0) is 24.4 Å². The first-order valence-corrected chi connectivity index (χ1v) is 8.24. The molecule has 134 valence electrons. The van der Waals surface area contributed by atoms with Gasteiger partial charge in [-0.2, -0.15) is 0 Å². The lowest BCUT2D eigenvalue weighted by molar-refractivity contribution is 0.0229. The Hall–Kier alpha value is -3.19. The third-order valence-electron chi connectivity index (χ3n) is 3.81. The van der Waals surface area contributed by atoms with Crippen molar-refractivity contribution >= 4 is 5.91 Å². The number of ether oxygens (including phenoxy) is 1. The number of hydroxylamine groups is 1. The molecule has 0 spiro atoms. The zero-order valence-electron chi connectivity index (χ0n) is 14.5. The van der Waals surface area contributed by atoms with Gasteiger partial charge in [-0.15, -0.1) is 5.10 Å². The van der Waals surface area contributed by atoms with Crippen LogP contribution in [0.5, 0.6) is 5.75 Å². The van der Waals surface area contributed by atoms with Crippen LogP contribution < -0.4 is 10.2 Å². The average Bonchev–Trinajstić information content (AvgIpc) is 3.17. The fourth-order valence-electron chi connectivity index (χ4n) is 2.36. The number of carbonyl (C=O) groups excluding carboxylic acids is 1. The molecule has 0 aliphatic rings. The van der Waals surface area contributed by atoms with E-state index in [-0.39, 0.29) is 12.3 Å². The molecule has 7 nitrogen and oxygen atoms in total. The molecule has 0 unspecified atom stereocenters. The number of rotatable bonds is 8. The minimum Gasteiger partial charge on any atom is -0.497 e. The summed E-state index contributed by atoms with van der Waals surface area (Å²) >= 11 is 0. The van der Waals surface area contributed by atoms with Crippen LogP contribution in [0.4, 0.5) is 0 Å². The van der Waals surface area contributed by atoms with E-state index in [1.54, 1.807) is 18.0 Å². The molecule has 1 heterocycles. The predicted molar refractivity (Wildman–Crippen MR) is 95.4 cm³/mol. The Balaban J connectivity index is 1.45. The van der Waals surface area contributed by atoms with E-state index >= 15 is 0 Å². The van der Waals surface area contributed by atoms with Gasteiger partial charge in [0.2, 0.25) is 0 Å². The summed E-state index contributed by atoms with van der Waals surface area (Å²) in [5, 5.41) is 7.86. The van der Waals surface area contributed by atoms with Gasteiger partial charge in [0.05, 0.1) is 19.9 Å². The summed E-state index contributed by atoms with van der Waals surface area (Å²) < 4.78 is 6.74. The van der Waals surface area contributed by atoms with Gasteiger partial charge in [0, 0.05) is 6.54 Å². The second kappa shape index (κ2) is 8.77. The Bertz CT molecular complexity index is 832. The van der Waals surface area contributed by atoms with Gasteiger partial charge in [-0.1, -0.05) is 47.7 Å². The SMILES string of the molecule is COc1ccc(CONC(=O)c2cn(CCc3ccccc3)nn2)cc1. The largest absolute Gasteiger partial charge is 0.497 e. The molecule has 0 bridgehead atoms. The normalized spacial score (nSPS) is 10.5. The summed E-state index contributed by atoms with van der Waals surface area (Å²) in [5.41, 5.74) is 4.71. The number of carbonyl (C=O) groups is 1. The number of methoxy groups -OCH3 is 1. The molecule has 7 heteroatoms. The molecule has 2 aromatic carbocycles. The average molecular weight is 352 g/mol. The Morgan fingerprint density at radius 1 is 1.08 bits per heavy atom. The van der Waals surface area contributed by atoms with Crippen LogP contribution in [0.1, 0.15) is 21.6 Å². The first-order chi connectivity index (χ1) is 12.7. The molecule has 0 aliphatic carbocycles. The van der Waals surface area contributed by atoms with Crippen LogP contribution in [0, 0.1) is 0 Å². The Morgan fingerprint density at radius 2 is 1.85 bits per heavy atom. The van der Waals surface area contributed by atoms with E-state index < -0.39 is 5.91 Å². The number of aryl methyl sites for hydroxylation is 2. The van der Waals surface area contributed by atoms with Crippen molar-refractivity contribution in [3.05, 3.63) is 77.6 Å². The van der Waals surface area contributed by atoms with Crippen molar-refractivity contribution in [2.45, 2.75) is 19.6 Å². The fourth-order valence-corrected chi connectivity index (χ4v) is 2.36. The molecule has 0 atom stereocenters. The summed E-state index contributed by atoms with van der Waals surface area (Å²) in [6, 6.07) is 17.5. The number of nitrogens with zero attached hydrogens (tertiary/aromatic N) is 3. The van der Waals surface area contributed by atoms with Crippen molar-refractivity contribution in [1.82, 2.24) is 20.5 Å². The van der Waals surface area contributed by atoms with E-state index in [0.29, 0.717) is 6.54 Å². The van der Waals surface area contributed by atoms with Crippen LogP contribution in [0.2, 0.25) is 0 Å². The van der Waals surface area contributed by atoms with Crippen molar-refractivity contribution in [2.24, 2.45) is 0 Å². The molecule has 1 aromatic heterocycles. The maximum absolute atomic E-state index is 12.1. The molecule has 0 radical (unpaired) electrons. The Kier molecular flexibility index (Phi) is 5.95. The molecule has 0 saturated carbocycles. The van der Waals surface area contributed by atoms with Gasteiger partial charge >= 0.3 is 0 Å². The van der Waals surface area contributed by atoms with Crippen molar-refractivity contribution in [1.29, 1.82) is 0 Å². The van der Waals surface area contributed by atoms with Crippen LogP contribution in [0.3, 0.4) is 0 Å². The molecule has 1 N–H and O–H groups in total. The van der Waals surface area contributed by atoms with E-state index in [9.17, 15) is 4.79 Å². The van der Waals surface area contributed by atoms with Crippen molar-refractivity contribution < 1.29 is 14.4 Å². The molecule has 3 aromatic rings. The van der Waals surface area contributed by atoms with Gasteiger partial charge in [0.25, 0.3) is 5.91 Å². The second-order valence-electron chi connectivity index (χ2n) is 5.67. The van der Waals surface area contributed by atoms with Gasteiger partial charge in [0.15, 0.2) is 5.69 Å². The van der Waals surface area contributed by atoms with Crippen molar-refractivity contribution in [3.8, 4) is 5.75 Å². The summed E-state index contributed by atoms with van der Waals surface area (Å²) in [5.74, 6) is 0.342.